The van der Waals surface area contributed by atoms with E-state index in [0.717, 1.165) is 18.6 Å². The van der Waals surface area contributed by atoms with Gasteiger partial charge in [-0.15, -0.1) is 0 Å². The van der Waals surface area contributed by atoms with Gasteiger partial charge in [0.2, 0.25) is 15.9 Å². The number of rotatable bonds is 9. The lowest BCUT2D eigenvalue weighted by molar-refractivity contribution is -0.126. The van der Waals surface area contributed by atoms with Crippen molar-refractivity contribution >= 4 is 15.9 Å². The number of benzene rings is 2. The van der Waals surface area contributed by atoms with Gasteiger partial charge in [-0.25, -0.2) is 8.42 Å². The number of carbonyl (C=O) groups excluding carboxylic acids is 1. The number of aryl methyl sites for hydroxylation is 1. The summed E-state index contributed by atoms with van der Waals surface area (Å²) < 4.78 is 32.8. The molecule has 1 N–H and O–H groups in total. The van der Waals surface area contributed by atoms with Crippen LogP contribution in [0.25, 0.3) is 0 Å². The van der Waals surface area contributed by atoms with E-state index in [-0.39, 0.29) is 29.4 Å². The van der Waals surface area contributed by atoms with E-state index in [4.69, 9.17) is 4.74 Å². The lowest BCUT2D eigenvalue weighted by Gasteiger charge is -2.31. The molecule has 1 heterocycles. The van der Waals surface area contributed by atoms with Crippen molar-refractivity contribution in [2.75, 3.05) is 19.6 Å². The number of nitrogens with one attached hydrogen (secondary N) is 1. The van der Waals surface area contributed by atoms with Gasteiger partial charge in [-0.3, -0.25) is 4.79 Å². The lowest BCUT2D eigenvalue weighted by Crippen LogP contribution is -2.45. The van der Waals surface area contributed by atoms with Crippen molar-refractivity contribution in [2.45, 2.75) is 50.5 Å². The molecule has 1 amide bonds. The fourth-order valence-corrected chi connectivity index (χ4v) is 5.32. The summed E-state index contributed by atoms with van der Waals surface area (Å²) in [6, 6.07) is 16.5. The number of nitrogens with zero attached hydrogens (tertiary/aromatic N) is 1. The Morgan fingerprint density at radius 3 is 2.52 bits per heavy atom. The van der Waals surface area contributed by atoms with E-state index in [1.165, 1.54) is 9.87 Å². The first-order valence-electron chi connectivity index (χ1n) is 10.9. The number of ether oxygens (including phenoxy) is 1. The van der Waals surface area contributed by atoms with E-state index in [0.29, 0.717) is 25.9 Å². The molecular formula is C24H32N2O4S. The molecule has 1 aliphatic rings. The molecular weight excluding hydrogens is 412 g/mol. The molecule has 31 heavy (non-hydrogen) atoms. The third-order valence-corrected chi connectivity index (χ3v) is 7.25. The second kappa shape index (κ2) is 10.8. The first kappa shape index (κ1) is 23.3. The van der Waals surface area contributed by atoms with Gasteiger partial charge in [0.05, 0.1) is 16.9 Å². The lowest BCUT2D eigenvalue weighted by atomic mass is 9.99. The molecule has 7 heteroatoms. The second-order valence-electron chi connectivity index (χ2n) is 8.22. The number of amides is 1. The molecule has 2 aromatic carbocycles. The summed E-state index contributed by atoms with van der Waals surface area (Å²) in [6.07, 6.45) is 3.24. The summed E-state index contributed by atoms with van der Waals surface area (Å²) in [5, 5.41) is 2.99. The first-order valence-corrected chi connectivity index (χ1v) is 12.4. The van der Waals surface area contributed by atoms with Gasteiger partial charge in [0.15, 0.2) is 0 Å². The van der Waals surface area contributed by atoms with E-state index >= 15 is 0 Å². The molecule has 1 saturated heterocycles. The normalized spacial score (nSPS) is 17.5. The highest BCUT2D eigenvalue weighted by Crippen LogP contribution is 2.24. The molecule has 1 aliphatic heterocycles. The Hall–Kier alpha value is -2.38. The van der Waals surface area contributed by atoms with Crippen molar-refractivity contribution in [3.63, 3.8) is 0 Å². The minimum Gasteiger partial charge on any atom is -0.491 e. The van der Waals surface area contributed by atoms with E-state index < -0.39 is 10.0 Å². The molecule has 1 fully saturated rings. The number of hydrogen-bond acceptors (Lipinski definition) is 4. The van der Waals surface area contributed by atoms with Crippen LogP contribution in [0.2, 0.25) is 0 Å². The molecule has 0 radical (unpaired) electrons. The Balaban J connectivity index is 1.45. The predicted octanol–water partition coefficient (Wildman–Crippen LogP) is 3.62. The van der Waals surface area contributed by atoms with Gasteiger partial charge in [0.1, 0.15) is 5.75 Å². The zero-order valence-corrected chi connectivity index (χ0v) is 19.1. The summed E-state index contributed by atoms with van der Waals surface area (Å²) >= 11 is 0. The zero-order valence-electron chi connectivity index (χ0n) is 18.3. The van der Waals surface area contributed by atoms with Crippen LogP contribution in [-0.4, -0.2) is 44.4 Å². The van der Waals surface area contributed by atoms with Crippen LogP contribution in [0.5, 0.6) is 5.75 Å². The van der Waals surface area contributed by atoms with Gasteiger partial charge in [-0.05, 0) is 69.4 Å². The van der Waals surface area contributed by atoms with Crippen molar-refractivity contribution in [1.29, 1.82) is 0 Å². The van der Waals surface area contributed by atoms with Crippen LogP contribution in [-0.2, 0) is 21.2 Å². The highest BCUT2D eigenvalue weighted by atomic mass is 32.2. The molecule has 0 aliphatic carbocycles. The van der Waals surface area contributed by atoms with Crippen molar-refractivity contribution in [3.8, 4) is 5.75 Å². The van der Waals surface area contributed by atoms with Gasteiger partial charge in [0, 0.05) is 19.6 Å². The zero-order chi connectivity index (χ0) is 22.3. The molecule has 168 valence electrons. The van der Waals surface area contributed by atoms with Crippen molar-refractivity contribution in [2.24, 2.45) is 5.92 Å². The summed E-state index contributed by atoms with van der Waals surface area (Å²) in [5.41, 5.74) is 1.20. The predicted molar refractivity (Wildman–Crippen MR) is 121 cm³/mol. The fraction of sp³-hybridized carbons (Fsp3) is 0.458. The second-order valence-corrected chi connectivity index (χ2v) is 10.2. The van der Waals surface area contributed by atoms with Gasteiger partial charge in [-0.1, -0.05) is 30.3 Å². The minimum absolute atomic E-state index is 0.0614. The summed E-state index contributed by atoms with van der Waals surface area (Å²) in [7, 11) is -3.56. The van der Waals surface area contributed by atoms with E-state index in [9.17, 15) is 13.2 Å². The molecule has 0 aromatic heterocycles. The largest absolute Gasteiger partial charge is 0.491 e. The molecule has 1 atom stereocenters. The van der Waals surface area contributed by atoms with Gasteiger partial charge in [-0.2, -0.15) is 4.31 Å². The number of carbonyl (C=O) groups is 1. The molecule has 1 unspecified atom stereocenters. The van der Waals surface area contributed by atoms with E-state index in [2.05, 4.69) is 5.32 Å². The monoisotopic (exact) mass is 444 g/mol. The standard InChI is InChI=1S/C24H32N2O4S/c1-19(2)30-22-14-12-20(13-15-22)8-6-16-25-24(27)21-9-7-17-26(18-21)31(28,29)23-10-4-3-5-11-23/h3-5,10-15,19,21H,6-9,16-18H2,1-2H3,(H,25,27). The molecule has 3 rings (SSSR count). The van der Waals surface area contributed by atoms with Gasteiger partial charge < -0.3 is 10.1 Å². The smallest absolute Gasteiger partial charge is 0.243 e. The summed E-state index contributed by atoms with van der Waals surface area (Å²) in [6.45, 7) is 5.27. The average molecular weight is 445 g/mol. The molecule has 0 spiro atoms. The number of sulfonamides is 1. The van der Waals surface area contributed by atoms with E-state index in [1.54, 1.807) is 30.3 Å². The van der Waals surface area contributed by atoms with Crippen LogP contribution in [0, 0.1) is 5.92 Å². The van der Waals surface area contributed by atoms with E-state index in [1.807, 2.05) is 38.1 Å². The maximum atomic E-state index is 12.8. The quantitative estimate of drug-likeness (QED) is 0.600. The summed E-state index contributed by atoms with van der Waals surface area (Å²) in [5.74, 6) is 0.493. The van der Waals surface area contributed by atoms with Crippen LogP contribution in [0.4, 0.5) is 0 Å². The number of piperidine rings is 1. The van der Waals surface area contributed by atoms with Crippen LogP contribution < -0.4 is 10.1 Å². The first-order chi connectivity index (χ1) is 14.9. The minimum atomic E-state index is -3.56. The van der Waals surface area contributed by atoms with Crippen LogP contribution in [0.1, 0.15) is 38.7 Å². The maximum Gasteiger partial charge on any atom is 0.243 e. The number of hydrogen-bond donors (Lipinski definition) is 1. The Kier molecular flexibility index (Phi) is 8.09. The maximum absolute atomic E-state index is 12.8. The van der Waals surface area contributed by atoms with Crippen molar-refractivity contribution < 1.29 is 17.9 Å². The highest BCUT2D eigenvalue weighted by molar-refractivity contribution is 7.89. The Labute approximate surface area is 185 Å². The average Bonchev–Trinajstić information content (AvgIpc) is 2.78. The molecule has 6 nitrogen and oxygen atoms in total. The molecule has 0 saturated carbocycles. The Bertz CT molecular complexity index is 943. The van der Waals surface area contributed by atoms with Crippen molar-refractivity contribution in [1.82, 2.24) is 9.62 Å². The fourth-order valence-electron chi connectivity index (χ4n) is 3.77. The third kappa shape index (κ3) is 6.55. The highest BCUT2D eigenvalue weighted by Gasteiger charge is 2.33. The topological polar surface area (TPSA) is 75.7 Å². The van der Waals surface area contributed by atoms with Crippen molar-refractivity contribution in [3.05, 3.63) is 60.2 Å². The Morgan fingerprint density at radius 1 is 1.13 bits per heavy atom. The van der Waals surface area contributed by atoms with Gasteiger partial charge >= 0.3 is 0 Å². The molecule has 2 aromatic rings. The SMILES string of the molecule is CC(C)Oc1ccc(CCCNC(=O)C2CCCN(S(=O)(=O)c3ccccc3)C2)cc1. The van der Waals surface area contributed by atoms with Crippen LogP contribution >= 0.6 is 0 Å². The van der Waals surface area contributed by atoms with Crippen LogP contribution in [0.15, 0.2) is 59.5 Å². The third-order valence-electron chi connectivity index (χ3n) is 5.37. The Morgan fingerprint density at radius 2 is 1.84 bits per heavy atom. The summed E-state index contributed by atoms with van der Waals surface area (Å²) in [4.78, 5) is 12.9. The van der Waals surface area contributed by atoms with Crippen LogP contribution in [0.3, 0.4) is 0 Å². The molecule has 0 bridgehead atoms. The van der Waals surface area contributed by atoms with Gasteiger partial charge in [0.25, 0.3) is 0 Å².